The summed E-state index contributed by atoms with van der Waals surface area (Å²) in [7, 11) is 5.48. The van der Waals surface area contributed by atoms with E-state index in [-0.39, 0.29) is 23.9 Å². The van der Waals surface area contributed by atoms with Gasteiger partial charge in [0.15, 0.2) is 0 Å². The summed E-state index contributed by atoms with van der Waals surface area (Å²) in [6, 6.07) is 13.1. The molecule has 11 nitrogen and oxygen atoms in total. The van der Waals surface area contributed by atoms with Crippen molar-refractivity contribution >= 4 is 23.2 Å². The summed E-state index contributed by atoms with van der Waals surface area (Å²) in [4.78, 5) is 47.9. The number of amides is 2. The van der Waals surface area contributed by atoms with Gasteiger partial charge in [-0.15, -0.1) is 0 Å². The van der Waals surface area contributed by atoms with E-state index in [1.807, 2.05) is 19.9 Å². The Hall–Kier alpha value is -4.19. The van der Waals surface area contributed by atoms with Crippen LogP contribution in [0.2, 0.25) is 0 Å². The van der Waals surface area contributed by atoms with Crippen molar-refractivity contribution in [2.45, 2.75) is 83.2 Å². The van der Waals surface area contributed by atoms with Gasteiger partial charge in [-0.05, 0) is 119 Å². The maximum atomic E-state index is 14.1. The molecule has 3 aliphatic rings. The monoisotopic (exact) mass is 713 g/mol. The van der Waals surface area contributed by atoms with Crippen LogP contribution in [0, 0.1) is 13.8 Å². The van der Waals surface area contributed by atoms with Gasteiger partial charge in [0.2, 0.25) is 5.91 Å². The fourth-order valence-electron chi connectivity index (χ4n) is 8.58. The predicted octanol–water partition coefficient (Wildman–Crippen LogP) is 5.36. The summed E-state index contributed by atoms with van der Waals surface area (Å²) in [6.45, 7) is 9.90. The fourth-order valence-corrected chi connectivity index (χ4v) is 8.58. The van der Waals surface area contributed by atoms with E-state index >= 15 is 0 Å². The zero-order valence-corrected chi connectivity index (χ0v) is 31.7. The van der Waals surface area contributed by atoms with Gasteiger partial charge in [0.25, 0.3) is 11.5 Å². The molecule has 2 fully saturated rings. The van der Waals surface area contributed by atoms with Crippen LogP contribution in [0.3, 0.4) is 0 Å². The number of rotatable bonds is 13. The molecule has 1 aromatic heterocycles. The van der Waals surface area contributed by atoms with Gasteiger partial charge in [0, 0.05) is 74.7 Å². The number of nitrogens with one attached hydrogen (secondary N) is 3. The smallest absolute Gasteiger partial charge is 0.255 e. The van der Waals surface area contributed by atoms with Crippen molar-refractivity contribution in [3.8, 4) is 16.9 Å². The van der Waals surface area contributed by atoms with Gasteiger partial charge in [-0.3, -0.25) is 14.4 Å². The molecule has 0 unspecified atom stereocenters. The number of benzene rings is 2. The van der Waals surface area contributed by atoms with Crippen molar-refractivity contribution in [2.24, 2.45) is 0 Å². The molecule has 2 aromatic carbocycles. The Bertz CT molecular complexity index is 1820. The Morgan fingerprint density at radius 1 is 1.00 bits per heavy atom. The molecule has 2 aliphatic heterocycles. The Labute approximate surface area is 307 Å². The largest absolute Gasteiger partial charge is 0.496 e. The molecule has 6 rings (SSSR count). The molecule has 0 atom stereocenters. The third kappa shape index (κ3) is 7.49. The maximum Gasteiger partial charge on any atom is 0.255 e. The minimum atomic E-state index is -0.549. The van der Waals surface area contributed by atoms with Crippen LogP contribution in [0.15, 0.2) is 41.2 Å². The number of fused-ring (bicyclic) bond motifs is 2. The molecule has 1 spiro atoms. The molecule has 0 bridgehead atoms. The number of hydrogen-bond donors (Lipinski definition) is 3. The van der Waals surface area contributed by atoms with E-state index in [1.54, 1.807) is 20.3 Å². The van der Waals surface area contributed by atoms with Gasteiger partial charge >= 0.3 is 0 Å². The normalized spacial score (nSPS) is 19.4. The highest BCUT2D eigenvalue weighted by Gasteiger charge is 2.47. The second kappa shape index (κ2) is 16.2. The minimum Gasteiger partial charge on any atom is -0.496 e. The zero-order valence-electron chi connectivity index (χ0n) is 31.7. The maximum absolute atomic E-state index is 14.1. The lowest BCUT2D eigenvalue weighted by Crippen LogP contribution is -2.44. The van der Waals surface area contributed by atoms with Crippen molar-refractivity contribution in [3.63, 3.8) is 0 Å². The molecular formula is C41H55N5O6. The highest BCUT2D eigenvalue weighted by Crippen LogP contribution is 2.46. The summed E-state index contributed by atoms with van der Waals surface area (Å²) in [5.74, 6) is 0.357. The van der Waals surface area contributed by atoms with Gasteiger partial charge in [-0.1, -0.05) is 12.1 Å². The SMILES string of the molecule is CCN(c1cc(-c2ccc3c(c2)NC(=O)C32CCOCC2)cc(C(=O)NCCc2c(OC)cc(C)[nH]c2=O)c1C)C1CCC(N(C)CCOC)CC1. The number of hydrogen-bond acceptors (Lipinski definition) is 8. The number of aryl methyl sites for hydroxylation is 1. The highest BCUT2D eigenvalue weighted by molar-refractivity contribution is 6.07. The quantitative estimate of drug-likeness (QED) is 0.217. The van der Waals surface area contributed by atoms with Crippen LogP contribution in [0.4, 0.5) is 11.4 Å². The number of aromatic nitrogens is 1. The molecule has 280 valence electrons. The number of ether oxygens (including phenoxy) is 3. The minimum absolute atomic E-state index is 0.0391. The number of carbonyl (C=O) groups is 2. The number of nitrogens with zero attached hydrogens (tertiary/aromatic N) is 2. The van der Waals surface area contributed by atoms with Crippen molar-refractivity contribution in [3.05, 3.63) is 74.7 Å². The zero-order chi connectivity index (χ0) is 37.0. The first kappa shape index (κ1) is 37.6. The molecule has 2 amide bonds. The van der Waals surface area contributed by atoms with Gasteiger partial charge in [0.1, 0.15) is 5.75 Å². The lowest BCUT2D eigenvalue weighted by molar-refractivity contribution is -0.124. The highest BCUT2D eigenvalue weighted by atomic mass is 16.5. The van der Waals surface area contributed by atoms with Crippen molar-refractivity contribution in [2.75, 3.05) is 70.9 Å². The number of methoxy groups -OCH3 is 2. The predicted molar refractivity (Wildman–Crippen MR) is 205 cm³/mol. The van der Waals surface area contributed by atoms with Crippen LogP contribution in [0.1, 0.15) is 78.2 Å². The Balaban J connectivity index is 1.31. The lowest BCUT2D eigenvalue weighted by Gasteiger charge is -2.41. The summed E-state index contributed by atoms with van der Waals surface area (Å²) in [5, 5.41) is 6.26. The number of likely N-dealkylation sites (N-methyl/N-ethyl adjacent to an activating group) is 1. The number of aromatic amines is 1. The van der Waals surface area contributed by atoms with Gasteiger partial charge in [-0.2, -0.15) is 0 Å². The lowest BCUT2D eigenvalue weighted by atomic mass is 9.75. The van der Waals surface area contributed by atoms with Crippen LogP contribution in [0.5, 0.6) is 5.75 Å². The van der Waals surface area contributed by atoms with Crippen molar-refractivity contribution in [1.29, 1.82) is 0 Å². The number of pyridine rings is 1. The summed E-state index contributed by atoms with van der Waals surface area (Å²) in [6.07, 6.45) is 5.99. The van der Waals surface area contributed by atoms with Crippen LogP contribution < -0.4 is 25.8 Å². The Morgan fingerprint density at radius 3 is 2.42 bits per heavy atom. The molecule has 1 aliphatic carbocycles. The average molecular weight is 714 g/mol. The second-order valence-electron chi connectivity index (χ2n) is 14.6. The molecule has 11 heteroatoms. The first-order valence-corrected chi connectivity index (χ1v) is 18.8. The Kier molecular flexibility index (Phi) is 11.7. The first-order valence-electron chi connectivity index (χ1n) is 18.8. The van der Waals surface area contributed by atoms with Crippen molar-refractivity contribution < 1.29 is 23.8 Å². The third-order valence-corrected chi connectivity index (χ3v) is 11.7. The summed E-state index contributed by atoms with van der Waals surface area (Å²) in [5.41, 5.74) is 6.73. The summed E-state index contributed by atoms with van der Waals surface area (Å²) >= 11 is 0. The number of H-pyrrole nitrogens is 1. The van der Waals surface area contributed by atoms with Gasteiger partial charge in [0.05, 0.1) is 24.7 Å². The molecule has 1 saturated heterocycles. The summed E-state index contributed by atoms with van der Waals surface area (Å²) < 4.78 is 16.4. The van der Waals surface area contributed by atoms with E-state index in [4.69, 9.17) is 14.2 Å². The van der Waals surface area contributed by atoms with Crippen LogP contribution in [-0.4, -0.2) is 94.5 Å². The number of anilines is 2. The van der Waals surface area contributed by atoms with Crippen LogP contribution >= 0.6 is 0 Å². The average Bonchev–Trinajstić information content (AvgIpc) is 3.41. The molecule has 0 radical (unpaired) electrons. The Morgan fingerprint density at radius 2 is 1.73 bits per heavy atom. The van der Waals surface area contributed by atoms with E-state index < -0.39 is 5.41 Å². The molecule has 52 heavy (non-hydrogen) atoms. The standard InChI is InChI=1S/C41H55N5O6/c1-7-46(31-11-9-30(10-12-31)45(4)18-21-50-5)36-25-29(28-8-13-34-35(24-28)44-40(49)41(34)15-19-52-20-16-41)23-33(27(36)3)38(47)42-17-14-32-37(51-6)22-26(2)43-39(32)48/h8,13,22-25,30-31H,7,9-12,14-21H2,1-6H3,(H,42,47)(H,43,48)(H,44,49). The van der Waals surface area contributed by atoms with E-state index in [0.29, 0.717) is 61.4 Å². The van der Waals surface area contributed by atoms with E-state index in [0.717, 1.165) is 84.7 Å². The van der Waals surface area contributed by atoms with Crippen LogP contribution in [0.25, 0.3) is 11.1 Å². The fraction of sp³-hybridized carbons (Fsp3) is 0.537. The number of carbonyl (C=O) groups excluding carboxylic acids is 2. The third-order valence-electron chi connectivity index (χ3n) is 11.7. The van der Waals surface area contributed by atoms with E-state index in [1.165, 1.54) is 0 Å². The van der Waals surface area contributed by atoms with Gasteiger partial charge in [-0.25, -0.2) is 0 Å². The molecule has 3 heterocycles. The second-order valence-corrected chi connectivity index (χ2v) is 14.6. The van der Waals surface area contributed by atoms with E-state index in [2.05, 4.69) is 63.7 Å². The molecule has 3 N–H and O–H groups in total. The molecule has 3 aromatic rings. The molecular weight excluding hydrogens is 658 g/mol. The first-order chi connectivity index (χ1) is 25.1. The van der Waals surface area contributed by atoms with Gasteiger partial charge < -0.3 is 39.6 Å². The molecule has 1 saturated carbocycles. The van der Waals surface area contributed by atoms with E-state index in [9.17, 15) is 14.4 Å². The topological polar surface area (TPSA) is 125 Å². The van der Waals surface area contributed by atoms with Crippen LogP contribution in [-0.2, 0) is 26.1 Å². The van der Waals surface area contributed by atoms with Crippen molar-refractivity contribution in [1.82, 2.24) is 15.2 Å².